The minimum absolute atomic E-state index is 0.0350. The van der Waals surface area contributed by atoms with Gasteiger partial charge in [-0.05, 0) is 30.3 Å². The molecule has 1 saturated heterocycles. The van der Waals surface area contributed by atoms with Crippen molar-refractivity contribution in [3.05, 3.63) is 59.4 Å². The lowest BCUT2D eigenvalue weighted by molar-refractivity contribution is -0.119. The van der Waals surface area contributed by atoms with Crippen LogP contribution in [0.2, 0.25) is 0 Å². The average molecular weight is 458 g/mol. The van der Waals surface area contributed by atoms with Gasteiger partial charge in [0.15, 0.2) is 6.61 Å². The molecule has 1 aliphatic rings. The number of esters is 1. The van der Waals surface area contributed by atoms with Gasteiger partial charge in [0.2, 0.25) is 10.0 Å². The number of nitrogens with one attached hydrogen (secondary N) is 1. The van der Waals surface area contributed by atoms with Gasteiger partial charge in [0.05, 0.1) is 24.5 Å². The number of carbonyl (C=O) groups is 2. The van der Waals surface area contributed by atoms with Crippen LogP contribution in [0.15, 0.2) is 41.3 Å². The Morgan fingerprint density at radius 3 is 2.42 bits per heavy atom. The van der Waals surface area contributed by atoms with E-state index in [-0.39, 0.29) is 31.9 Å². The topological polar surface area (TPSA) is 102 Å². The number of nitrogens with zero attached hydrogens (tertiary/aromatic N) is 1. The zero-order valence-corrected chi connectivity index (χ0v) is 16.8. The molecule has 2 aromatic carbocycles. The first-order chi connectivity index (χ1) is 14.7. The predicted molar refractivity (Wildman–Crippen MR) is 101 cm³/mol. The molecule has 8 nitrogen and oxygen atoms in total. The van der Waals surface area contributed by atoms with Crippen molar-refractivity contribution in [1.29, 1.82) is 0 Å². The lowest BCUT2D eigenvalue weighted by atomic mass is 10.2. The summed E-state index contributed by atoms with van der Waals surface area (Å²) in [6.45, 7) is -0.481. The number of hydrogen-bond acceptors (Lipinski definition) is 6. The summed E-state index contributed by atoms with van der Waals surface area (Å²) in [5.41, 5.74) is -0.750. The number of sulfonamides is 1. The molecule has 166 valence electrons. The van der Waals surface area contributed by atoms with Crippen molar-refractivity contribution in [2.24, 2.45) is 0 Å². The Labute approximate surface area is 175 Å². The van der Waals surface area contributed by atoms with Crippen LogP contribution in [-0.4, -0.2) is 57.5 Å². The van der Waals surface area contributed by atoms with Crippen LogP contribution in [0.25, 0.3) is 0 Å². The number of morpholine rings is 1. The highest BCUT2D eigenvalue weighted by atomic mass is 32.2. The third kappa shape index (κ3) is 5.40. The van der Waals surface area contributed by atoms with Crippen LogP contribution in [0.4, 0.5) is 18.9 Å². The standard InChI is InChI=1S/C19H17F3N2O6S/c20-13-2-4-14(21)16(10-13)23-18(25)11-30-19(26)12-1-3-15(22)17(9-12)31(27,28)24-5-7-29-8-6-24/h1-4,9-10H,5-8,11H2,(H,23,25). The molecule has 0 bridgehead atoms. The molecule has 0 radical (unpaired) electrons. The van der Waals surface area contributed by atoms with Gasteiger partial charge in [-0.15, -0.1) is 0 Å². The maximum atomic E-state index is 14.2. The Kier molecular flexibility index (Phi) is 6.93. The Morgan fingerprint density at radius 2 is 1.71 bits per heavy atom. The van der Waals surface area contributed by atoms with Crippen molar-refractivity contribution in [1.82, 2.24) is 4.31 Å². The predicted octanol–water partition coefficient (Wildman–Crippen LogP) is 1.92. The van der Waals surface area contributed by atoms with Crippen LogP contribution in [0.3, 0.4) is 0 Å². The lowest BCUT2D eigenvalue weighted by Crippen LogP contribution is -2.41. The van der Waals surface area contributed by atoms with E-state index >= 15 is 0 Å². The van der Waals surface area contributed by atoms with E-state index in [1.165, 1.54) is 0 Å². The molecule has 0 spiro atoms. The zero-order valence-electron chi connectivity index (χ0n) is 15.9. The van der Waals surface area contributed by atoms with Gasteiger partial charge in [-0.3, -0.25) is 4.79 Å². The Bertz CT molecular complexity index is 1100. The van der Waals surface area contributed by atoms with Crippen LogP contribution in [-0.2, 0) is 24.3 Å². The van der Waals surface area contributed by atoms with Crippen molar-refractivity contribution in [2.45, 2.75) is 4.90 Å². The fraction of sp³-hybridized carbons (Fsp3) is 0.263. The maximum absolute atomic E-state index is 14.2. The third-order valence-corrected chi connectivity index (χ3v) is 6.21. The summed E-state index contributed by atoms with van der Waals surface area (Å²) in [5, 5.41) is 2.04. The molecule has 2 aromatic rings. The first kappa shape index (κ1) is 22.7. The second kappa shape index (κ2) is 9.45. The van der Waals surface area contributed by atoms with Gasteiger partial charge >= 0.3 is 5.97 Å². The molecule has 0 aromatic heterocycles. The second-order valence-electron chi connectivity index (χ2n) is 6.41. The SMILES string of the molecule is O=C(COC(=O)c1ccc(F)c(S(=O)(=O)N2CCOCC2)c1)Nc1cc(F)ccc1F. The summed E-state index contributed by atoms with van der Waals surface area (Å²) in [4.78, 5) is 23.3. The number of rotatable bonds is 6. The minimum Gasteiger partial charge on any atom is -0.452 e. The summed E-state index contributed by atoms with van der Waals surface area (Å²) in [6, 6.07) is 5.03. The minimum atomic E-state index is -4.22. The monoisotopic (exact) mass is 458 g/mol. The van der Waals surface area contributed by atoms with E-state index in [2.05, 4.69) is 0 Å². The number of benzene rings is 2. The smallest absolute Gasteiger partial charge is 0.338 e. The molecule has 1 amide bonds. The van der Waals surface area contributed by atoms with Crippen LogP contribution in [0.1, 0.15) is 10.4 Å². The molecule has 0 unspecified atom stereocenters. The molecule has 1 heterocycles. The maximum Gasteiger partial charge on any atom is 0.338 e. The summed E-state index contributed by atoms with van der Waals surface area (Å²) in [5.74, 6) is -4.79. The highest BCUT2D eigenvalue weighted by molar-refractivity contribution is 7.89. The van der Waals surface area contributed by atoms with E-state index in [0.717, 1.165) is 40.7 Å². The fourth-order valence-corrected chi connectivity index (χ4v) is 4.25. The van der Waals surface area contributed by atoms with Crippen molar-refractivity contribution in [3.63, 3.8) is 0 Å². The van der Waals surface area contributed by atoms with Gasteiger partial charge < -0.3 is 14.8 Å². The first-order valence-corrected chi connectivity index (χ1v) is 10.4. The van der Waals surface area contributed by atoms with E-state index in [1.807, 2.05) is 5.32 Å². The van der Waals surface area contributed by atoms with Gasteiger partial charge in [-0.25, -0.2) is 26.4 Å². The largest absolute Gasteiger partial charge is 0.452 e. The summed E-state index contributed by atoms with van der Waals surface area (Å²) >= 11 is 0. The number of hydrogen-bond donors (Lipinski definition) is 1. The molecule has 31 heavy (non-hydrogen) atoms. The zero-order chi connectivity index (χ0) is 22.6. The second-order valence-corrected chi connectivity index (χ2v) is 8.32. The molecular formula is C19H17F3N2O6S. The molecule has 0 atom stereocenters. The molecule has 12 heteroatoms. The molecule has 0 saturated carbocycles. The van der Waals surface area contributed by atoms with E-state index < -0.39 is 56.5 Å². The number of halogens is 3. The van der Waals surface area contributed by atoms with Gasteiger partial charge in [-0.1, -0.05) is 0 Å². The van der Waals surface area contributed by atoms with E-state index in [4.69, 9.17) is 9.47 Å². The molecule has 1 N–H and O–H groups in total. The van der Waals surface area contributed by atoms with Crippen molar-refractivity contribution in [3.8, 4) is 0 Å². The van der Waals surface area contributed by atoms with E-state index in [1.54, 1.807) is 0 Å². The third-order valence-electron chi connectivity index (χ3n) is 4.29. The van der Waals surface area contributed by atoms with Gasteiger partial charge in [0, 0.05) is 19.2 Å². The summed E-state index contributed by atoms with van der Waals surface area (Å²) in [7, 11) is -4.22. The van der Waals surface area contributed by atoms with Crippen LogP contribution in [0.5, 0.6) is 0 Å². The van der Waals surface area contributed by atoms with E-state index in [9.17, 15) is 31.2 Å². The van der Waals surface area contributed by atoms with Crippen LogP contribution >= 0.6 is 0 Å². The average Bonchev–Trinajstić information content (AvgIpc) is 2.75. The summed E-state index contributed by atoms with van der Waals surface area (Å²) in [6.07, 6.45) is 0. The molecular weight excluding hydrogens is 441 g/mol. The first-order valence-electron chi connectivity index (χ1n) is 8.98. The highest BCUT2D eigenvalue weighted by Gasteiger charge is 2.30. The van der Waals surface area contributed by atoms with Crippen molar-refractivity contribution < 1.29 is 40.7 Å². The quantitative estimate of drug-likeness (QED) is 0.664. The Hall–Kier alpha value is -2.96. The van der Waals surface area contributed by atoms with E-state index in [0.29, 0.717) is 0 Å². The number of amides is 1. The summed E-state index contributed by atoms with van der Waals surface area (Å²) < 4.78 is 77.1. The molecule has 1 fully saturated rings. The number of anilines is 1. The van der Waals surface area contributed by atoms with Crippen molar-refractivity contribution >= 4 is 27.6 Å². The normalized spacial score (nSPS) is 14.8. The molecule has 0 aliphatic carbocycles. The van der Waals surface area contributed by atoms with Gasteiger partial charge in [0.25, 0.3) is 5.91 Å². The molecule has 1 aliphatic heterocycles. The lowest BCUT2D eigenvalue weighted by Gasteiger charge is -2.26. The van der Waals surface area contributed by atoms with Crippen LogP contribution < -0.4 is 5.32 Å². The molecule has 3 rings (SSSR count). The van der Waals surface area contributed by atoms with Gasteiger partial charge in [-0.2, -0.15) is 4.31 Å². The Morgan fingerprint density at radius 1 is 1.03 bits per heavy atom. The van der Waals surface area contributed by atoms with Gasteiger partial charge in [0.1, 0.15) is 22.3 Å². The fourth-order valence-electron chi connectivity index (χ4n) is 2.75. The number of ether oxygens (including phenoxy) is 2. The highest BCUT2D eigenvalue weighted by Crippen LogP contribution is 2.22. The Balaban J connectivity index is 1.68. The number of carbonyl (C=O) groups excluding carboxylic acids is 2. The van der Waals surface area contributed by atoms with Crippen LogP contribution in [0, 0.1) is 17.5 Å². The van der Waals surface area contributed by atoms with Crippen molar-refractivity contribution in [2.75, 3.05) is 38.2 Å².